The third-order valence-electron chi connectivity index (χ3n) is 1.36. The normalized spacial score (nSPS) is 15.6. The van der Waals surface area contributed by atoms with Gasteiger partial charge in [0.2, 0.25) is 0 Å². The van der Waals surface area contributed by atoms with Gasteiger partial charge in [-0.1, -0.05) is 22.9 Å². The van der Waals surface area contributed by atoms with Gasteiger partial charge in [-0.25, -0.2) is 0 Å². The molecule has 6 heteroatoms. The summed E-state index contributed by atoms with van der Waals surface area (Å²) in [6.07, 6.45) is 0. The average Bonchev–Trinajstić information content (AvgIpc) is 1.85. The molecule has 0 radical (unpaired) electrons. The minimum Gasteiger partial charge on any atom is -0.195 e. The van der Waals surface area contributed by atoms with E-state index >= 15 is 0 Å². The highest BCUT2D eigenvalue weighted by atomic mass is 79.9. The molecule has 0 aromatic heterocycles. The predicted molar refractivity (Wildman–Crippen MR) is 53.6 cm³/mol. The molecule has 0 aliphatic heterocycles. The van der Waals surface area contributed by atoms with Crippen LogP contribution in [0.5, 0.6) is 0 Å². The van der Waals surface area contributed by atoms with Gasteiger partial charge in [0, 0.05) is 32.5 Å². The van der Waals surface area contributed by atoms with Gasteiger partial charge < -0.3 is 0 Å². The molecule has 0 heterocycles. The molecule has 12 heavy (non-hydrogen) atoms. The molecule has 0 aromatic rings. The third-order valence-corrected chi connectivity index (χ3v) is 3.51. The smallest absolute Gasteiger partial charge is 0.195 e. The summed E-state index contributed by atoms with van der Waals surface area (Å²) in [4.78, 5) is 0.164. The molecule has 74 valence electrons. The second-order valence-electron chi connectivity index (χ2n) is 2.85. The Morgan fingerprint density at radius 3 is 2.00 bits per heavy atom. The molecule has 0 aromatic carbocycles. The molecular formula is C6H15BrN2O2S. The van der Waals surface area contributed by atoms with E-state index in [1.165, 1.54) is 22.7 Å². The van der Waals surface area contributed by atoms with Crippen LogP contribution in [-0.4, -0.2) is 49.5 Å². The molecule has 0 rings (SSSR count). The van der Waals surface area contributed by atoms with Crippen LogP contribution in [0.1, 0.15) is 6.92 Å². The molecule has 0 bridgehead atoms. The lowest BCUT2D eigenvalue weighted by Crippen LogP contribution is -2.39. The van der Waals surface area contributed by atoms with Crippen LogP contribution in [0, 0.1) is 0 Å². The molecule has 4 nitrogen and oxygen atoms in total. The van der Waals surface area contributed by atoms with Crippen molar-refractivity contribution in [1.82, 2.24) is 8.61 Å². The van der Waals surface area contributed by atoms with Crippen LogP contribution in [0.25, 0.3) is 0 Å². The van der Waals surface area contributed by atoms with Crippen molar-refractivity contribution >= 4 is 26.1 Å². The summed E-state index contributed by atoms with van der Waals surface area (Å²) < 4.78 is 25.3. The standard InChI is InChI=1S/C6H15BrN2O2S/c1-6(7)5-9(4)12(10,11)8(2)3/h6H,5H2,1-4H3. The monoisotopic (exact) mass is 258 g/mol. The number of hydrogen-bond donors (Lipinski definition) is 0. The van der Waals surface area contributed by atoms with Gasteiger partial charge in [0.15, 0.2) is 0 Å². The molecule has 0 aliphatic carbocycles. The Kier molecular flexibility index (Phi) is 4.68. The lowest BCUT2D eigenvalue weighted by molar-refractivity contribution is 0.420. The molecule has 0 fully saturated rings. The summed E-state index contributed by atoms with van der Waals surface area (Å²) in [7, 11) is 1.36. The minimum absolute atomic E-state index is 0.164. The molecule has 0 amide bonds. The van der Waals surface area contributed by atoms with Crippen LogP contribution in [0.4, 0.5) is 0 Å². The topological polar surface area (TPSA) is 40.6 Å². The van der Waals surface area contributed by atoms with E-state index in [0.29, 0.717) is 6.54 Å². The van der Waals surface area contributed by atoms with Gasteiger partial charge in [-0.2, -0.15) is 17.0 Å². The van der Waals surface area contributed by atoms with E-state index in [1.54, 1.807) is 7.05 Å². The molecule has 0 aliphatic rings. The van der Waals surface area contributed by atoms with Crippen molar-refractivity contribution in [3.05, 3.63) is 0 Å². The zero-order valence-electron chi connectivity index (χ0n) is 7.78. The zero-order chi connectivity index (χ0) is 9.94. The Balaban J connectivity index is 4.38. The van der Waals surface area contributed by atoms with Crippen molar-refractivity contribution in [2.24, 2.45) is 0 Å². The van der Waals surface area contributed by atoms with Crippen molar-refractivity contribution in [2.45, 2.75) is 11.8 Å². The van der Waals surface area contributed by atoms with Crippen LogP contribution in [-0.2, 0) is 10.2 Å². The van der Waals surface area contributed by atoms with E-state index < -0.39 is 10.2 Å². The summed E-state index contributed by atoms with van der Waals surface area (Å²) in [5.74, 6) is 0. The number of nitrogens with zero attached hydrogens (tertiary/aromatic N) is 2. The van der Waals surface area contributed by atoms with Gasteiger partial charge in [0.1, 0.15) is 0 Å². The SMILES string of the molecule is CC(Br)CN(C)S(=O)(=O)N(C)C. The van der Waals surface area contributed by atoms with E-state index in [4.69, 9.17) is 0 Å². The van der Waals surface area contributed by atoms with Crippen LogP contribution >= 0.6 is 15.9 Å². The van der Waals surface area contributed by atoms with Gasteiger partial charge in [-0.15, -0.1) is 0 Å². The highest BCUT2D eigenvalue weighted by molar-refractivity contribution is 9.09. The number of halogens is 1. The van der Waals surface area contributed by atoms with Crippen molar-refractivity contribution in [3.8, 4) is 0 Å². The molecular weight excluding hydrogens is 244 g/mol. The summed E-state index contributed by atoms with van der Waals surface area (Å²) >= 11 is 3.29. The maximum absolute atomic E-state index is 11.4. The molecule has 1 atom stereocenters. The quantitative estimate of drug-likeness (QED) is 0.690. The van der Waals surface area contributed by atoms with E-state index in [9.17, 15) is 8.42 Å². The van der Waals surface area contributed by atoms with Crippen LogP contribution in [0.15, 0.2) is 0 Å². The first kappa shape index (κ1) is 12.3. The fourth-order valence-electron chi connectivity index (χ4n) is 0.727. The summed E-state index contributed by atoms with van der Waals surface area (Å²) in [6, 6.07) is 0. The van der Waals surface area contributed by atoms with Gasteiger partial charge in [0.05, 0.1) is 0 Å². The second kappa shape index (κ2) is 4.55. The van der Waals surface area contributed by atoms with Crippen molar-refractivity contribution in [2.75, 3.05) is 27.7 Å². The molecule has 0 saturated carbocycles. The van der Waals surface area contributed by atoms with Crippen molar-refractivity contribution < 1.29 is 8.42 Å². The van der Waals surface area contributed by atoms with Crippen LogP contribution < -0.4 is 0 Å². The van der Waals surface area contributed by atoms with E-state index in [-0.39, 0.29) is 4.83 Å². The van der Waals surface area contributed by atoms with E-state index in [2.05, 4.69) is 15.9 Å². The Hall–Kier alpha value is 0.350. The first-order valence-corrected chi connectivity index (χ1v) is 5.87. The fraction of sp³-hybridized carbons (Fsp3) is 1.00. The lowest BCUT2D eigenvalue weighted by atomic mass is 10.5. The maximum Gasteiger partial charge on any atom is 0.281 e. The van der Waals surface area contributed by atoms with Gasteiger partial charge >= 0.3 is 0 Å². The second-order valence-corrected chi connectivity index (χ2v) is 6.66. The largest absolute Gasteiger partial charge is 0.281 e. The summed E-state index contributed by atoms with van der Waals surface area (Å²) in [6.45, 7) is 2.38. The predicted octanol–water partition coefficient (Wildman–Crippen LogP) is 0.508. The lowest BCUT2D eigenvalue weighted by Gasteiger charge is -2.22. The number of hydrogen-bond acceptors (Lipinski definition) is 2. The highest BCUT2D eigenvalue weighted by Gasteiger charge is 2.20. The number of alkyl halides is 1. The van der Waals surface area contributed by atoms with E-state index in [1.807, 2.05) is 6.92 Å². The van der Waals surface area contributed by atoms with Crippen LogP contribution in [0.3, 0.4) is 0 Å². The van der Waals surface area contributed by atoms with Gasteiger partial charge in [-0.3, -0.25) is 0 Å². The Labute approximate surface area is 82.8 Å². The van der Waals surface area contributed by atoms with Gasteiger partial charge in [-0.05, 0) is 0 Å². The first-order valence-electron chi connectivity index (χ1n) is 3.56. The molecule has 0 saturated heterocycles. The summed E-state index contributed by atoms with van der Waals surface area (Å²) in [5.41, 5.74) is 0. The van der Waals surface area contributed by atoms with E-state index in [0.717, 1.165) is 0 Å². The molecule has 0 N–H and O–H groups in total. The average molecular weight is 259 g/mol. The maximum atomic E-state index is 11.4. The zero-order valence-corrected chi connectivity index (χ0v) is 10.2. The summed E-state index contributed by atoms with van der Waals surface area (Å²) in [5, 5.41) is 0. The Bertz CT molecular complexity index is 226. The Morgan fingerprint density at radius 2 is 1.75 bits per heavy atom. The Morgan fingerprint density at radius 1 is 1.33 bits per heavy atom. The molecule has 0 spiro atoms. The fourth-order valence-corrected chi connectivity index (χ4v) is 2.32. The van der Waals surface area contributed by atoms with Gasteiger partial charge in [0.25, 0.3) is 10.2 Å². The highest BCUT2D eigenvalue weighted by Crippen LogP contribution is 2.06. The first-order chi connectivity index (χ1) is 5.28. The molecule has 1 unspecified atom stereocenters. The minimum atomic E-state index is -3.24. The van der Waals surface area contributed by atoms with Crippen LogP contribution in [0.2, 0.25) is 0 Å². The van der Waals surface area contributed by atoms with Crippen molar-refractivity contribution in [3.63, 3.8) is 0 Å². The number of rotatable bonds is 4. The van der Waals surface area contributed by atoms with Crippen molar-refractivity contribution in [1.29, 1.82) is 0 Å². The third kappa shape index (κ3) is 3.38.